The van der Waals surface area contributed by atoms with Gasteiger partial charge in [0.25, 0.3) is 5.56 Å². The average Bonchev–Trinajstić information content (AvgIpc) is 2.70. The predicted molar refractivity (Wildman–Crippen MR) is 110 cm³/mol. The Morgan fingerprint density at radius 3 is 2.86 bits per heavy atom. The summed E-state index contributed by atoms with van der Waals surface area (Å²) in [6, 6.07) is 1.72. The number of anilines is 1. The second-order valence-electron chi connectivity index (χ2n) is 9.06. The third-order valence-electron chi connectivity index (χ3n) is 7.01. The number of aromatic amines is 1. The summed E-state index contributed by atoms with van der Waals surface area (Å²) in [4.78, 5) is 30.4. The first-order valence-electron chi connectivity index (χ1n) is 11.0. The van der Waals surface area contributed by atoms with Gasteiger partial charge in [0.1, 0.15) is 5.69 Å². The number of aromatic nitrogens is 1. The molecule has 1 aliphatic heterocycles. The van der Waals surface area contributed by atoms with E-state index in [0.717, 1.165) is 75.5 Å². The van der Waals surface area contributed by atoms with E-state index in [4.69, 9.17) is 0 Å². The van der Waals surface area contributed by atoms with Crippen LogP contribution < -0.4 is 10.9 Å². The topological polar surface area (TPSA) is 85.4 Å². The van der Waals surface area contributed by atoms with Crippen molar-refractivity contribution in [2.75, 3.05) is 11.9 Å². The van der Waals surface area contributed by atoms with Crippen molar-refractivity contribution < 1.29 is 9.90 Å². The van der Waals surface area contributed by atoms with E-state index >= 15 is 0 Å². The molecule has 4 rings (SSSR count). The SMILES string of the molecule is CC1CCC(O)C(C2CCCCN2C(=O)Nc2cc3c([nH]c2=O)CCCC3)C1. The zero-order chi connectivity index (χ0) is 19.7. The summed E-state index contributed by atoms with van der Waals surface area (Å²) < 4.78 is 0. The fourth-order valence-electron chi connectivity index (χ4n) is 5.43. The third kappa shape index (κ3) is 3.97. The van der Waals surface area contributed by atoms with Crippen LogP contribution in [0.5, 0.6) is 0 Å². The maximum Gasteiger partial charge on any atom is 0.322 e. The van der Waals surface area contributed by atoms with E-state index in [1.165, 1.54) is 0 Å². The van der Waals surface area contributed by atoms with Gasteiger partial charge in [-0.05, 0) is 81.8 Å². The maximum absolute atomic E-state index is 13.1. The minimum Gasteiger partial charge on any atom is -0.393 e. The highest BCUT2D eigenvalue weighted by Gasteiger charge is 2.39. The number of aliphatic hydroxyl groups excluding tert-OH is 1. The highest BCUT2D eigenvalue weighted by atomic mass is 16.3. The Bertz CT molecular complexity index is 775. The lowest BCUT2D eigenvalue weighted by Crippen LogP contribution is -2.53. The van der Waals surface area contributed by atoms with E-state index in [1.54, 1.807) is 0 Å². The largest absolute Gasteiger partial charge is 0.393 e. The number of aryl methyl sites for hydroxylation is 2. The van der Waals surface area contributed by atoms with Gasteiger partial charge < -0.3 is 20.3 Å². The zero-order valence-corrected chi connectivity index (χ0v) is 16.9. The van der Waals surface area contributed by atoms with Gasteiger partial charge in [-0.25, -0.2) is 4.79 Å². The molecule has 154 valence electrons. The van der Waals surface area contributed by atoms with Gasteiger partial charge in [0.05, 0.1) is 6.10 Å². The number of fused-ring (bicyclic) bond motifs is 1. The van der Waals surface area contributed by atoms with Gasteiger partial charge >= 0.3 is 6.03 Å². The molecule has 6 nitrogen and oxygen atoms in total. The van der Waals surface area contributed by atoms with Crippen LogP contribution in [0.25, 0.3) is 0 Å². The molecule has 6 heteroatoms. The van der Waals surface area contributed by atoms with Gasteiger partial charge in [0.2, 0.25) is 0 Å². The Labute approximate surface area is 166 Å². The Kier molecular flexibility index (Phi) is 5.76. The summed E-state index contributed by atoms with van der Waals surface area (Å²) in [5.74, 6) is 0.723. The van der Waals surface area contributed by atoms with Crippen molar-refractivity contribution in [3.05, 3.63) is 27.7 Å². The normalized spacial score (nSPS) is 30.6. The molecule has 2 heterocycles. The summed E-state index contributed by atoms with van der Waals surface area (Å²) in [5, 5.41) is 13.5. The van der Waals surface area contributed by atoms with Crippen LogP contribution >= 0.6 is 0 Å². The van der Waals surface area contributed by atoms with E-state index in [-0.39, 0.29) is 29.7 Å². The van der Waals surface area contributed by atoms with Crippen molar-refractivity contribution >= 4 is 11.7 Å². The van der Waals surface area contributed by atoms with Crippen molar-refractivity contribution in [1.29, 1.82) is 0 Å². The van der Waals surface area contributed by atoms with Crippen LogP contribution in [0.2, 0.25) is 0 Å². The molecule has 1 aromatic heterocycles. The number of carbonyl (C=O) groups excluding carboxylic acids is 1. The van der Waals surface area contributed by atoms with Crippen molar-refractivity contribution in [1.82, 2.24) is 9.88 Å². The Morgan fingerprint density at radius 2 is 2.00 bits per heavy atom. The monoisotopic (exact) mass is 387 g/mol. The number of piperidine rings is 1. The minimum atomic E-state index is -0.332. The second kappa shape index (κ2) is 8.27. The van der Waals surface area contributed by atoms with Crippen LogP contribution in [-0.2, 0) is 12.8 Å². The van der Waals surface area contributed by atoms with Gasteiger partial charge in [0.15, 0.2) is 0 Å². The molecule has 1 aromatic rings. The van der Waals surface area contributed by atoms with Gasteiger partial charge in [-0.1, -0.05) is 6.92 Å². The molecule has 1 saturated carbocycles. The fraction of sp³-hybridized carbons (Fsp3) is 0.727. The lowest BCUT2D eigenvalue weighted by molar-refractivity contribution is -0.00306. The molecule has 0 spiro atoms. The summed E-state index contributed by atoms with van der Waals surface area (Å²) in [5.41, 5.74) is 2.30. The van der Waals surface area contributed by atoms with Crippen LogP contribution in [-0.4, -0.2) is 39.7 Å². The van der Waals surface area contributed by atoms with Crippen LogP contribution in [0.15, 0.2) is 10.9 Å². The first kappa shape index (κ1) is 19.5. The van der Waals surface area contributed by atoms with E-state index < -0.39 is 0 Å². The first-order chi connectivity index (χ1) is 13.5. The molecule has 0 aromatic carbocycles. The van der Waals surface area contributed by atoms with E-state index in [0.29, 0.717) is 18.2 Å². The van der Waals surface area contributed by atoms with Crippen LogP contribution in [0.1, 0.15) is 69.5 Å². The second-order valence-corrected chi connectivity index (χ2v) is 9.06. The highest BCUT2D eigenvalue weighted by Crippen LogP contribution is 2.36. The number of carbonyl (C=O) groups is 1. The summed E-state index contributed by atoms with van der Waals surface area (Å²) in [6.45, 7) is 2.93. The Morgan fingerprint density at radius 1 is 1.18 bits per heavy atom. The molecule has 28 heavy (non-hydrogen) atoms. The molecular formula is C22H33N3O3. The van der Waals surface area contributed by atoms with E-state index in [1.807, 2.05) is 11.0 Å². The van der Waals surface area contributed by atoms with Crippen molar-refractivity contribution in [3.8, 4) is 0 Å². The highest BCUT2D eigenvalue weighted by molar-refractivity contribution is 5.89. The van der Waals surface area contributed by atoms with Crippen LogP contribution in [0.4, 0.5) is 10.5 Å². The lowest BCUT2D eigenvalue weighted by atomic mass is 9.74. The summed E-state index contributed by atoms with van der Waals surface area (Å²) in [7, 11) is 0. The summed E-state index contributed by atoms with van der Waals surface area (Å²) in [6.07, 6.45) is 9.60. The number of amides is 2. The molecule has 4 atom stereocenters. The van der Waals surface area contributed by atoms with Crippen LogP contribution in [0, 0.1) is 11.8 Å². The number of hydrogen-bond acceptors (Lipinski definition) is 3. The van der Waals surface area contributed by atoms with Gasteiger partial charge in [0, 0.05) is 24.2 Å². The molecule has 3 N–H and O–H groups in total. The number of nitrogens with zero attached hydrogens (tertiary/aromatic N) is 1. The van der Waals surface area contributed by atoms with Gasteiger partial charge in [-0.2, -0.15) is 0 Å². The predicted octanol–water partition coefficient (Wildman–Crippen LogP) is 3.44. The summed E-state index contributed by atoms with van der Waals surface area (Å²) >= 11 is 0. The standard InChI is InChI=1S/C22H33N3O3/c1-14-9-10-20(26)16(12-14)19-8-4-5-11-25(19)22(28)24-18-13-15-6-2-3-7-17(15)23-21(18)27/h13-14,16,19-20,26H,2-12H2,1H3,(H,23,27)(H,24,28). The molecule has 0 radical (unpaired) electrons. The maximum atomic E-state index is 13.1. The number of hydrogen-bond donors (Lipinski definition) is 3. The van der Waals surface area contributed by atoms with Crippen molar-refractivity contribution in [2.45, 2.75) is 83.3 Å². The molecule has 2 aliphatic carbocycles. The third-order valence-corrected chi connectivity index (χ3v) is 7.01. The fourth-order valence-corrected chi connectivity index (χ4v) is 5.43. The molecule has 2 amide bonds. The first-order valence-corrected chi connectivity index (χ1v) is 11.0. The number of aliphatic hydroxyl groups is 1. The number of nitrogens with one attached hydrogen (secondary N) is 2. The van der Waals surface area contributed by atoms with Gasteiger partial charge in [-0.15, -0.1) is 0 Å². The quantitative estimate of drug-likeness (QED) is 0.727. The molecule has 0 bridgehead atoms. The number of rotatable bonds is 2. The molecule has 2 fully saturated rings. The number of likely N-dealkylation sites (tertiary alicyclic amines) is 1. The van der Waals surface area contributed by atoms with Crippen LogP contribution in [0.3, 0.4) is 0 Å². The Balaban J connectivity index is 1.52. The number of H-pyrrole nitrogens is 1. The van der Waals surface area contributed by atoms with E-state index in [2.05, 4.69) is 17.2 Å². The smallest absolute Gasteiger partial charge is 0.322 e. The average molecular weight is 388 g/mol. The van der Waals surface area contributed by atoms with Crippen molar-refractivity contribution in [2.24, 2.45) is 11.8 Å². The molecular weight excluding hydrogens is 354 g/mol. The minimum absolute atomic E-state index is 0.0585. The van der Waals surface area contributed by atoms with Crippen molar-refractivity contribution in [3.63, 3.8) is 0 Å². The van der Waals surface area contributed by atoms with Gasteiger partial charge in [-0.3, -0.25) is 4.79 Å². The Hall–Kier alpha value is -1.82. The van der Waals surface area contributed by atoms with E-state index in [9.17, 15) is 14.7 Å². The zero-order valence-electron chi connectivity index (χ0n) is 16.9. The lowest BCUT2D eigenvalue weighted by Gasteiger charge is -2.44. The molecule has 4 unspecified atom stereocenters. The molecule has 1 saturated heterocycles. The molecule has 3 aliphatic rings. The number of pyridine rings is 1. The number of urea groups is 1.